The lowest BCUT2D eigenvalue weighted by molar-refractivity contribution is -0.116. The minimum absolute atomic E-state index is 0.172. The van der Waals surface area contributed by atoms with Crippen molar-refractivity contribution in [1.82, 2.24) is 24.8 Å². The zero-order chi connectivity index (χ0) is 26.8. The predicted octanol–water partition coefficient (Wildman–Crippen LogP) is 5.33. The van der Waals surface area contributed by atoms with Crippen LogP contribution >= 0.6 is 12.2 Å². The van der Waals surface area contributed by atoms with Gasteiger partial charge in [0.1, 0.15) is 11.6 Å². The number of thiocarbonyl (C=S) groups is 1. The fourth-order valence-electron chi connectivity index (χ4n) is 5.09. The van der Waals surface area contributed by atoms with Gasteiger partial charge < -0.3 is 20.1 Å². The van der Waals surface area contributed by atoms with Gasteiger partial charge in [-0.25, -0.2) is 9.37 Å². The molecule has 5 rings (SSSR count). The Morgan fingerprint density at radius 3 is 2.53 bits per heavy atom. The Morgan fingerprint density at radius 1 is 1.05 bits per heavy atom. The quantitative estimate of drug-likeness (QED) is 0.316. The Bertz CT molecular complexity index is 1470. The first kappa shape index (κ1) is 25.5. The number of hydrogen-bond donors (Lipinski definition) is 2. The number of rotatable bonds is 7. The van der Waals surface area contributed by atoms with Crippen LogP contribution in [0.25, 0.3) is 5.82 Å². The molecule has 0 spiro atoms. The lowest BCUT2D eigenvalue weighted by Crippen LogP contribution is -2.32. The second kappa shape index (κ2) is 10.7. The molecule has 2 atom stereocenters. The Hall–Kier alpha value is -4.11. The lowest BCUT2D eigenvalue weighted by atomic mass is 9.96. The van der Waals surface area contributed by atoms with E-state index in [0.29, 0.717) is 17.3 Å². The van der Waals surface area contributed by atoms with Crippen LogP contribution in [0.5, 0.6) is 0 Å². The molecule has 0 unspecified atom stereocenters. The van der Waals surface area contributed by atoms with Crippen LogP contribution in [-0.2, 0) is 4.79 Å². The van der Waals surface area contributed by atoms with Crippen LogP contribution in [-0.4, -0.2) is 37.0 Å². The number of amides is 1. The van der Waals surface area contributed by atoms with E-state index in [9.17, 15) is 9.18 Å². The molecule has 194 valence electrons. The van der Waals surface area contributed by atoms with E-state index in [1.807, 2.05) is 24.3 Å². The van der Waals surface area contributed by atoms with Crippen molar-refractivity contribution in [3.05, 3.63) is 107 Å². The predicted molar refractivity (Wildman–Crippen MR) is 150 cm³/mol. The van der Waals surface area contributed by atoms with E-state index in [1.165, 1.54) is 12.1 Å². The fourth-order valence-corrected chi connectivity index (χ4v) is 5.42. The van der Waals surface area contributed by atoms with E-state index in [4.69, 9.17) is 12.2 Å². The van der Waals surface area contributed by atoms with Gasteiger partial charge in [0, 0.05) is 42.4 Å². The third-order valence-corrected chi connectivity index (χ3v) is 7.24. The Morgan fingerprint density at radius 2 is 1.82 bits per heavy atom. The molecule has 1 aromatic carbocycles. The summed E-state index contributed by atoms with van der Waals surface area (Å²) in [6.07, 6.45) is 3.79. The van der Waals surface area contributed by atoms with Crippen LogP contribution in [0.15, 0.2) is 73.1 Å². The smallest absolute Gasteiger partial charge is 0.226 e. The highest BCUT2D eigenvalue weighted by Crippen LogP contribution is 2.41. The molecule has 0 radical (unpaired) electrons. The summed E-state index contributed by atoms with van der Waals surface area (Å²) >= 11 is 5.78. The van der Waals surface area contributed by atoms with Crippen LogP contribution in [0, 0.1) is 26.6 Å². The SMILES string of the molecule is Cc1cccnc1-n1c(C)cc([C@H]2[C@@H](c3ccccn3)NC(=S)N2CCC(=O)Nc2ccc(F)cc2)c1C. The minimum Gasteiger partial charge on any atom is -0.352 e. The molecule has 1 amide bonds. The number of halogens is 1. The molecule has 0 bridgehead atoms. The summed E-state index contributed by atoms with van der Waals surface area (Å²) < 4.78 is 15.4. The average molecular weight is 529 g/mol. The maximum absolute atomic E-state index is 13.2. The standard InChI is InChI=1S/C29H29FN6OS/c1-18-7-6-15-32-28(18)36-19(2)17-23(20(36)3)27-26(24-8-4-5-14-31-24)34-29(38)35(27)16-13-25(37)33-22-11-9-21(30)10-12-22/h4-12,14-15,17,26-27H,13,16H2,1-3H3,(H,33,37)(H,34,38)/t26-,27+/m1/s1. The summed E-state index contributed by atoms with van der Waals surface area (Å²) in [6.45, 7) is 6.61. The monoisotopic (exact) mass is 528 g/mol. The number of carbonyl (C=O) groups is 1. The highest BCUT2D eigenvalue weighted by Gasteiger charge is 2.41. The zero-order valence-corrected chi connectivity index (χ0v) is 22.3. The number of pyridine rings is 2. The fraction of sp³-hybridized carbons (Fsp3) is 0.241. The topological polar surface area (TPSA) is 75.1 Å². The third kappa shape index (κ3) is 5.02. The van der Waals surface area contributed by atoms with E-state index >= 15 is 0 Å². The van der Waals surface area contributed by atoms with Crippen molar-refractivity contribution < 1.29 is 9.18 Å². The molecule has 7 nitrogen and oxygen atoms in total. The molecule has 0 aliphatic carbocycles. The molecule has 1 aliphatic heterocycles. The lowest BCUT2D eigenvalue weighted by Gasteiger charge is -2.28. The van der Waals surface area contributed by atoms with Gasteiger partial charge in [0.05, 0.1) is 17.8 Å². The maximum atomic E-state index is 13.2. The summed E-state index contributed by atoms with van der Waals surface area (Å²) in [6, 6.07) is 17.4. The molecular weight excluding hydrogens is 499 g/mol. The molecule has 1 fully saturated rings. The molecule has 2 N–H and O–H groups in total. The number of nitrogens with zero attached hydrogens (tertiary/aromatic N) is 4. The largest absolute Gasteiger partial charge is 0.352 e. The number of anilines is 1. The van der Waals surface area contributed by atoms with Crippen molar-refractivity contribution in [2.45, 2.75) is 39.3 Å². The summed E-state index contributed by atoms with van der Waals surface area (Å²) in [4.78, 5) is 24.1. The average Bonchev–Trinajstić information content (AvgIpc) is 3.39. The molecule has 38 heavy (non-hydrogen) atoms. The highest BCUT2D eigenvalue weighted by molar-refractivity contribution is 7.80. The maximum Gasteiger partial charge on any atom is 0.226 e. The van der Waals surface area contributed by atoms with Crippen molar-refractivity contribution in [3.63, 3.8) is 0 Å². The van der Waals surface area contributed by atoms with Gasteiger partial charge in [-0.1, -0.05) is 12.1 Å². The number of benzene rings is 1. The summed E-state index contributed by atoms with van der Waals surface area (Å²) in [7, 11) is 0. The molecule has 3 aromatic heterocycles. The van der Waals surface area contributed by atoms with Crippen molar-refractivity contribution in [3.8, 4) is 5.82 Å². The minimum atomic E-state index is -0.349. The van der Waals surface area contributed by atoms with Gasteiger partial charge in [-0.05, 0) is 92.6 Å². The molecule has 0 saturated carbocycles. The highest BCUT2D eigenvalue weighted by atomic mass is 32.1. The number of hydrogen-bond acceptors (Lipinski definition) is 4. The van der Waals surface area contributed by atoms with Gasteiger partial charge in [-0.3, -0.25) is 9.78 Å². The van der Waals surface area contributed by atoms with Gasteiger partial charge in [0.15, 0.2) is 5.11 Å². The van der Waals surface area contributed by atoms with Crippen LogP contribution < -0.4 is 10.6 Å². The van der Waals surface area contributed by atoms with Gasteiger partial charge >= 0.3 is 0 Å². The molecule has 9 heteroatoms. The van der Waals surface area contributed by atoms with Crippen molar-refractivity contribution in [2.75, 3.05) is 11.9 Å². The van der Waals surface area contributed by atoms with E-state index in [2.05, 4.69) is 63.0 Å². The molecule has 4 heterocycles. The number of carbonyl (C=O) groups excluding carboxylic acids is 1. The van der Waals surface area contributed by atoms with Gasteiger partial charge in [0.2, 0.25) is 5.91 Å². The Kier molecular flexibility index (Phi) is 7.20. The molecule has 1 saturated heterocycles. The van der Waals surface area contributed by atoms with Crippen LogP contribution in [0.4, 0.5) is 10.1 Å². The van der Waals surface area contributed by atoms with Crippen molar-refractivity contribution in [2.24, 2.45) is 0 Å². The van der Waals surface area contributed by atoms with E-state index in [1.54, 1.807) is 24.5 Å². The van der Waals surface area contributed by atoms with Crippen LogP contribution in [0.2, 0.25) is 0 Å². The zero-order valence-electron chi connectivity index (χ0n) is 21.5. The first-order valence-corrected chi connectivity index (χ1v) is 12.9. The van der Waals surface area contributed by atoms with Gasteiger partial charge in [-0.15, -0.1) is 0 Å². The summed E-state index contributed by atoms with van der Waals surface area (Å²) in [5, 5.41) is 6.86. The Balaban J connectivity index is 1.47. The Labute approximate surface area is 226 Å². The summed E-state index contributed by atoms with van der Waals surface area (Å²) in [5.41, 5.74) is 5.71. The van der Waals surface area contributed by atoms with E-state index in [-0.39, 0.29) is 30.2 Å². The number of nitrogens with one attached hydrogen (secondary N) is 2. The van der Waals surface area contributed by atoms with Gasteiger partial charge in [-0.2, -0.15) is 0 Å². The molecule has 4 aromatic rings. The van der Waals surface area contributed by atoms with Crippen LogP contribution in [0.3, 0.4) is 0 Å². The molecule has 1 aliphatic rings. The van der Waals surface area contributed by atoms with E-state index in [0.717, 1.165) is 34.0 Å². The normalized spacial score (nSPS) is 16.9. The third-order valence-electron chi connectivity index (χ3n) is 6.89. The number of aromatic nitrogens is 3. The van der Waals surface area contributed by atoms with Crippen LogP contribution in [0.1, 0.15) is 46.7 Å². The summed E-state index contributed by atoms with van der Waals surface area (Å²) in [5.74, 6) is 0.370. The molecular formula is C29H29FN6OS. The van der Waals surface area contributed by atoms with Crippen molar-refractivity contribution in [1.29, 1.82) is 0 Å². The van der Waals surface area contributed by atoms with Gasteiger partial charge in [0.25, 0.3) is 0 Å². The second-order valence-electron chi connectivity index (χ2n) is 9.43. The van der Waals surface area contributed by atoms with E-state index < -0.39 is 0 Å². The first-order chi connectivity index (χ1) is 18.3. The van der Waals surface area contributed by atoms with Crippen molar-refractivity contribution >= 4 is 28.9 Å². The number of aryl methyl sites for hydroxylation is 2. The first-order valence-electron chi connectivity index (χ1n) is 12.5. The second-order valence-corrected chi connectivity index (χ2v) is 9.82.